The van der Waals surface area contributed by atoms with Crippen LogP contribution >= 0.6 is 11.3 Å². The number of hydrogen-bond donors (Lipinski definition) is 2. The van der Waals surface area contributed by atoms with Gasteiger partial charge in [-0.25, -0.2) is 4.98 Å². The van der Waals surface area contributed by atoms with E-state index in [2.05, 4.69) is 10.3 Å². The van der Waals surface area contributed by atoms with Crippen LogP contribution in [0.1, 0.15) is 36.9 Å². The van der Waals surface area contributed by atoms with Gasteiger partial charge in [-0.15, -0.1) is 11.3 Å². The van der Waals surface area contributed by atoms with Crippen molar-refractivity contribution >= 4 is 33.8 Å². The summed E-state index contributed by atoms with van der Waals surface area (Å²) in [5, 5.41) is 3.21. The first-order chi connectivity index (χ1) is 10.9. The summed E-state index contributed by atoms with van der Waals surface area (Å²) in [6.45, 7) is 5.66. The molecule has 0 aliphatic heterocycles. The van der Waals surface area contributed by atoms with E-state index in [0.29, 0.717) is 16.2 Å². The van der Waals surface area contributed by atoms with Gasteiger partial charge in [0.2, 0.25) is 0 Å². The molecular weight excluding hydrogens is 312 g/mol. The Balaban J connectivity index is 1.95. The highest BCUT2D eigenvalue weighted by Crippen LogP contribution is 2.32. The van der Waals surface area contributed by atoms with Crippen molar-refractivity contribution in [2.24, 2.45) is 5.73 Å². The van der Waals surface area contributed by atoms with Crippen molar-refractivity contribution in [2.75, 3.05) is 5.32 Å². The summed E-state index contributed by atoms with van der Waals surface area (Å²) >= 11 is 1.33. The first-order valence-corrected chi connectivity index (χ1v) is 7.85. The number of thiophene rings is 1. The zero-order valence-corrected chi connectivity index (χ0v) is 13.8. The van der Waals surface area contributed by atoms with Crippen LogP contribution < -0.4 is 11.1 Å². The predicted molar refractivity (Wildman–Crippen MR) is 90.2 cm³/mol. The molecule has 6 nitrogen and oxygen atoms in total. The van der Waals surface area contributed by atoms with Crippen LogP contribution in [-0.2, 0) is 0 Å². The SMILES string of the molecule is Cc1ccn2cc(C(=O)Nc3sc(C)c(C)c3C(N)=O)nc2c1. The molecule has 0 fully saturated rings. The van der Waals surface area contributed by atoms with Gasteiger partial charge in [-0.3, -0.25) is 9.59 Å². The highest BCUT2D eigenvalue weighted by atomic mass is 32.1. The molecule has 2 amide bonds. The van der Waals surface area contributed by atoms with E-state index < -0.39 is 5.91 Å². The fourth-order valence-electron chi connectivity index (χ4n) is 2.37. The van der Waals surface area contributed by atoms with E-state index in [9.17, 15) is 9.59 Å². The van der Waals surface area contributed by atoms with Gasteiger partial charge in [0.15, 0.2) is 0 Å². The lowest BCUT2D eigenvalue weighted by atomic mass is 10.1. The van der Waals surface area contributed by atoms with E-state index in [4.69, 9.17) is 5.73 Å². The average molecular weight is 328 g/mol. The van der Waals surface area contributed by atoms with Crippen LogP contribution in [0.25, 0.3) is 5.65 Å². The number of anilines is 1. The lowest BCUT2D eigenvalue weighted by Crippen LogP contribution is -2.17. The Morgan fingerprint density at radius 3 is 2.74 bits per heavy atom. The number of rotatable bonds is 3. The van der Waals surface area contributed by atoms with Crippen molar-refractivity contribution in [3.8, 4) is 0 Å². The van der Waals surface area contributed by atoms with Crippen molar-refractivity contribution in [1.82, 2.24) is 9.38 Å². The van der Waals surface area contributed by atoms with E-state index >= 15 is 0 Å². The summed E-state index contributed by atoms with van der Waals surface area (Å²) in [4.78, 5) is 29.3. The van der Waals surface area contributed by atoms with Crippen molar-refractivity contribution in [2.45, 2.75) is 20.8 Å². The molecule has 7 heteroatoms. The number of carbonyl (C=O) groups is 2. The molecule has 0 spiro atoms. The second kappa shape index (κ2) is 5.51. The number of nitrogens with one attached hydrogen (secondary N) is 1. The summed E-state index contributed by atoms with van der Waals surface area (Å²) in [5.41, 5.74) is 8.62. The molecule has 3 aromatic heterocycles. The summed E-state index contributed by atoms with van der Waals surface area (Å²) in [5.74, 6) is -0.914. The minimum atomic E-state index is -0.548. The van der Waals surface area contributed by atoms with Gasteiger partial charge in [0.1, 0.15) is 16.3 Å². The molecule has 3 aromatic rings. The van der Waals surface area contributed by atoms with Crippen LogP contribution in [0.2, 0.25) is 0 Å². The number of imidazole rings is 1. The topological polar surface area (TPSA) is 89.5 Å². The summed E-state index contributed by atoms with van der Waals surface area (Å²) in [7, 11) is 0. The molecule has 0 bridgehead atoms. The van der Waals surface area contributed by atoms with Crippen molar-refractivity contribution in [1.29, 1.82) is 0 Å². The number of primary amides is 1. The number of hydrogen-bond acceptors (Lipinski definition) is 4. The molecular formula is C16H16N4O2S. The number of pyridine rings is 1. The van der Waals surface area contributed by atoms with Gasteiger partial charge in [-0.05, 0) is 44.0 Å². The number of carbonyl (C=O) groups excluding carboxylic acids is 2. The summed E-state index contributed by atoms with van der Waals surface area (Å²) in [6, 6.07) is 3.83. The van der Waals surface area contributed by atoms with E-state index in [1.807, 2.05) is 39.1 Å². The largest absolute Gasteiger partial charge is 0.365 e. The van der Waals surface area contributed by atoms with Crippen LogP contribution in [0, 0.1) is 20.8 Å². The molecule has 0 radical (unpaired) electrons. The second-order valence-electron chi connectivity index (χ2n) is 5.40. The Hall–Kier alpha value is -2.67. The highest BCUT2D eigenvalue weighted by Gasteiger charge is 2.20. The molecule has 0 unspecified atom stereocenters. The third-order valence-corrected chi connectivity index (χ3v) is 4.83. The lowest BCUT2D eigenvalue weighted by Gasteiger charge is -2.02. The molecule has 0 atom stereocenters. The number of amides is 2. The third kappa shape index (κ3) is 2.70. The van der Waals surface area contributed by atoms with Crippen LogP contribution in [-0.4, -0.2) is 21.2 Å². The number of nitrogens with two attached hydrogens (primary N) is 1. The Morgan fingerprint density at radius 1 is 1.30 bits per heavy atom. The Morgan fingerprint density at radius 2 is 2.04 bits per heavy atom. The summed E-state index contributed by atoms with van der Waals surface area (Å²) < 4.78 is 1.78. The Labute approximate surface area is 137 Å². The molecule has 0 saturated heterocycles. The van der Waals surface area contributed by atoms with E-state index in [0.717, 1.165) is 16.0 Å². The smallest absolute Gasteiger partial charge is 0.276 e. The van der Waals surface area contributed by atoms with Crippen LogP contribution in [0.4, 0.5) is 5.00 Å². The van der Waals surface area contributed by atoms with E-state index in [1.165, 1.54) is 11.3 Å². The lowest BCUT2D eigenvalue weighted by molar-refractivity contribution is 0.100. The fraction of sp³-hybridized carbons (Fsp3) is 0.188. The minimum absolute atomic E-state index is 0.287. The van der Waals surface area contributed by atoms with Crippen molar-refractivity contribution in [3.05, 3.63) is 51.8 Å². The maximum absolute atomic E-state index is 12.4. The number of aryl methyl sites for hydroxylation is 2. The van der Waals surface area contributed by atoms with Crippen LogP contribution in [0.15, 0.2) is 24.5 Å². The maximum atomic E-state index is 12.4. The van der Waals surface area contributed by atoms with Crippen LogP contribution in [0.5, 0.6) is 0 Å². The quantitative estimate of drug-likeness (QED) is 0.774. The zero-order valence-electron chi connectivity index (χ0n) is 13.0. The van der Waals surface area contributed by atoms with Gasteiger partial charge in [0.25, 0.3) is 11.8 Å². The monoisotopic (exact) mass is 328 g/mol. The number of nitrogens with zero attached hydrogens (tertiary/aromatic N) is 2. The highest BCUT2D eigenvalue weighted by molar-refractivity contribution is 7.16. The normalized spacial score (nSPS) is 10.9. The molecule has 0 saturated carbocycles. The van der Waals surface area contributed by atoms with E-state index in [-0.39, 0.29) is 11.6 Å². The molecule has 0 aliphatic carbocycles. The Bertz CT molecular complexity index is 939. The molecule has 3 rings (SSSR count). The first-order valence-electron chi connectivity index (χ1n) is 7.03. The second-order valence-corrected chi connectivity index (χ2v) is 6.63. The van der Waals surface area contributed by atoms with Gasteiger partial charge in [0, 0.05) is 17.3 Å². The van der Waals surface area contributed by atoms with Crippen LogP contribution in [0.3, 0.4) is 0 Å². The van der Waals surface area contributed by atoms with Gasteiger partial charge >= 0.3 is 0 Å². The Kier molecular flexibility index (Phi) is 3.65. The average Bonchev–Trinajstić information content (AvgIpc) is 3.00. The molecule has 3 N–H and O–H groups in total. The fourth-order valence-corrected chi connectivity index (χ4v) is 3.43. The molecule has 23 heavy (non-hydrogen) atoms. The molecule has 118 valence electrons. The van der Waals surface area contributed by atoms with Gasteiger partial charge in [0.05, 0.1) is 5.56 Å². The standard InChI is InChI=1S/C16H16N4O2S/c1-8-4-5-20-7-11(18-12(20)6-8)15(22)19-16-13(14(17)21)9(2)10(3)23-16/h4-7H,1-3H3,(H2,17,21)(H,19,22). The van der Waals surface area contributed by atoms with Gasteiger partial charge < -0.3 is 15.5 Å². The minimum Gasteiger partial charge on any atom is -0.365 e. The molecule has 0 aliphatic rings. The molecule has 0 aromatic carbocycles. The summed E-state index contributed by atoms with van der Waals surface area (Å²) in [6.07, 6.45) is 3.50. The number of aromatic nitrogens is 2. The maximum Gasteiger partial charge on any atom is 0.276 e. The first kappa shape index (κ1) is 15.2. The third-order valence-electron chi connectivity index (χ3n) is 3.71. The number of fused-ring (bicyclic) bond motifs is 1. The van der Waals surface area contributed by atoms with Gasteiger partial charge in [-0.2, -0.15) is 0 Å². The van der Waals surface area contributed by atoms with Crippen molar-refractivity contribution in [3.63, 3.8) is 0 Å². The van der Waals surface area contributed by atoms with Crippen molar-refractivity contribution < 1.29 is 9.59 Å². The molecule has 3 heterocycles. The zero-order chi connectivity index (χ0) is 16.7. The van der Waals surface area contributed by atoms with Gasteiger partial charge in [-0.1, -0.05) is 0 Å². The van der Waals surface area contributed by atoms with E-state index in [1.54, 1.807) is 10.6 Å². The predicted octanol–water partition coefficient (Wildman–Crippen LogP) is 2.67.